The van der Waals surface area contributed by atoms with E-state index in [-0.39, 0.29) is 0 Å². The van der Waals surface area contributed by atoms with Gasteiger partial charge in [-0.15, -0.1) is 0 Å². The second-order valence-electron chi connectivity index (χ2n) is 5.24. The third kappa shape index (κ3) is 4.04. The number of nitrogens with one attached hydrogen (secondary N) is 1. The van der Waals surface area contributed by atoms with Gasteiger partial charge < -0.3 is 24.6 Å². The molecule has 1 heterocycles. The largest absolute Gasteiger partial charge is 0.493 e. The molecule has 0 saturated heterocycles. The van der Waals surface area contributed by atoms with Gasteiger partial charge in [-0.1, -0.05) is 19.8 Å². The van der Waals surface area contributed by atoms with Crippen molar-refractivity contribution >= 4 is 5.97 Å². The first-order chi connectivity index (χ1) is 10.7. The molecule has 0 aromatic heterocycles. The molecule has 0 bridgehead atoms. The molecule has 1 aromatic carbocycles. The van der Waals surface area contributed by atoms with E-state index in [2.05, 4.69) is 5.32 Å². The molecule has 1 aliphatic heterocycles. The van der Waals surface area contributed by atoms with Gasteiger partial charge in [-0.3, -0.25) is 4.79 Å². The van der Waals surface area contributed by atoms with E-state index in [9.17, 15) is 9.90 Å². The Labute approximate surface area is 130 Å². The lowest BCUT2D eigenvalue weighted by Gasteiger charge is -2.22. The molecular weight excluding hydrogens is 286 g/mol. The van der Waals surface area contributed by atoms with Gasteiger partial charge in [0.05, 0.1) is 7.11 Å². The predicted molar refractivity (Wildman–Crippen MR) is 81.8 cm³/mol. The third-order valence-corrected chi connectivity index (χ3v) is 3.58. The van der Waals surface area contributed by atoms with E-state index in [0.29, 0.717) is 43.4 Å². The second kappa shape index (κ2) is 7.89. The quantitative estimate of drug-likeness (QED) is 0.766. The van der Waals surface area contributed by atoms with Gasteiger partial charge in [-0.05, 0) is 24.1 Å². The van der Waals surface area contributed by atoms with Crippen molar-refractivity contribution in [3.8, 4) is 17.2 Å². The fraction of sp³-hybridized carbons (Fsp3) is 0.562. The molecule has 2 rings (SSSR count). The van der Waals surface area contributed by atoms with Crippen LogP contribution in [0.3, 0.4) is 0 Å². The van der Waals surface area contributed by atoms with Gasteiger partial charge in [0.15, 0.2) is 11.5 Å². The molecule has 22 heavy (non-hydrogen) atoms. The molecule has 1 unspecified atom stereocenters. The number of ether oxygens (including phenoxy) is 3. The van der Waals surface area contributed by atoms with Crippen LogP contribution in [0.25, 0.3) is 0 Å². The summed E-state index contributed by atoms with van der Waals surface area (Å²) >= 11 is 0. The smallest absolute Gasteiger partial charge is 0.320 e. The molecule has 0 spiro atoms. The molecule has 2 N–H and O–H groups in total. The van der Waals surface area contributed by atoms with Crippen LogP contribution in [0.2, 0.25) is 0 Å². The van der Waals surface area contributed by atoms with Crippen LogP contribution in [-0.4, -0.2) is 37.4 Å². The van der Waals surface area contributed by atoms with Crippen LogP contribution in [0, 0.1) is 0 Å². The number of carbonyl (C=O) groups is 1. The van der Waals surface area contributed by atoms with Crippen LogP contribution in [0.5, 0.6) is 17.2 Å². The lowest BCUT2D eigenvalue weighted by atomic mass is 10.1. The molecule has 0 fully saturated rings. The standard InChI is InChI=1S/C16H23NO5/c1-3-4-5-12(16(18)19)17-10-11-8-13(20-2)15-14(9-11)21-6-7-22-15/h8-9,12,17H,3-7,10H2,1-2H3,(H,18,19). The summed E-state index contributed by atoms with van der Waals surface area (Å²) in [5.74, 6) is 1.04. The Morgan fingerprint density at radius 1 is 1.41 bits per heavy atom. The molecule has 1 atom stereocenters. The van der Waals surface area contributed by atoms with E-state index >= 15 is 0 Å². The van der Waals surface area contributed by atoms with E-state index < -0.39 is 12.0 Å². The van der Waals surface area contributed by atoms with Gasteiger partial charge in [-0.25, -0.2) is 0 Å². The van der Waals surface area contributed by atoms with Crippen molar-refractivity contribution in [1.29, 1.82) is 0 Å². The summed E-state index contributed by atoms with van der Waals surface area (Å²) < 4.78 is 16.5. The summed E-state index contributed by atoms with van der Waals surface area (Å²) in [4.78, 5) is 11.3. The molecule has 0 amide bonds. The summed E-state index contributed by atoms with van der Waals surface area (Å²) in [6.45, 7) is 3.48. The summed E-state index contributed by atoms with van der Waals surface area (Å²) in [6.07, 6.45) is 2.48. The van der Waals surface area contributed by atoms with Crippen LogP contribution >= 0.6 is 0 Å². The Morgan fingerprint density at radius 2 is 2.18 bits per heavy atom. The van der Waals surface area contributed by atoms with Crippen LogP contribution < -0.4 is 19.5 Å². The van der Waals surface area contributed by atoms with Crippen molar-refractivity contribution in [2.24, 2.45) is 0 Å². The fourth-order valence-corrected chi connectivity index (χ4v) is 2.39. The lowest BCUT2D eigenvalue weighted by Crippen LogP contribution is -2.36. The highest BCUT2D eigenvalue weighted by Gasteiger charge is 2.20. The first kappa shape index (κ1) is 16.4. The molecule has 0 aliphatic carbocycles. The van der Waals surface area contributed by atoms with Crippen molar-refractivity contribution in [2.75, 3.05) is 20.3 Å². The van der Waals surface area contributed by atoms with E-state index in [1.807, 2.05) is 19.1 Å². The van der Waals surface area contributed by atoms with Crippen molar-refractivity contribution in [3.05, 3.63) is 17.7 Å². The number of fused-ring (bicyclic) bond motifs is 1. The number of unbranched alkanes of at least 4 members (excludes halogenated alkanes) is 1. The SMILES string of the molecule is CCCCC(NCc1cc(OC)c2c(c1)OCCO2)C(=O)O. The maximum atomic E-state index is 11.3. The van der Waals surface area contributed by atoms with Crippen LogP contribution in [0.1, 0.15) is 31.7 Å². The van der Waals surface area contributed by atoms with Gasteiger partial charge in [0.1, 0.15) is 19.3 Å². The monoisotopic (exact) mass is 309 g/mol. The van der Waals surface area contributed by atoms with E-state index in [1.54, 1.807) is 7.11 Å². The number of hydrogen-bond acceptors (Lipinski definition) is 5. The van der Waals surface area contributed by atoms with Crippen molar-refractivity contribution in [2.45, 2.75) is 38.8 Å². The Balaban J connectivity index is 2.07. The predicted octanol–water partition coefficient (Wildman–Crippen LogP) is 2.20. The zero-order valence-corrected chi connectivity index (χ0v) is 13.1. The molecule has 0 saturated carbocycles. The minimum atomic E-state index is -0.821. The highest BCUT2D eigenvalue weighted by Crippen LogP contribution is 2.40. The first-order valence-electron chi connectivity index (χ1n) is 7.58. The van der Waals surface area contributed by atoms with E-state index in [1.165, 1.54) is 0 Å². The molecule has 1 aromatic rings. The summed E-state index contributed by atoms with van der Waals surface area (Å²) in [7, 11) is 1.58. The van der Waals surface area contributed by atoms with Crippen molar-refractivity contribution in [3.63, 3.8) is 0 Å². The van der Waals surface area contributed by atoms with Crippen LogP contribution in [0.15, 0.2) is 12.1 Å². The number of methoxy groups -OCH3 is 1. The number of aliphatic carboxylic acids is 1. The Bertz CT molecular complexity index is 500. The number of rotatable bonds is 8. The van der Waals surface area contributed by atoms with Crippen molar-refractivity contribution in [1.82, 2.24) is 5.32 Å². The van der Waals surface area contributed by atoms with Crippen LogP contribution in [-0.2, 0) is 11.3 Å². The van der Waals surface area contributed by atoms with Gasteiger partial charge in [0.25, 0.3) is 0 Å². The van der Waals surface area contributed by atoms with Crippen molar-refractivity contribution < 1.29 is 24.1 Å². The minimum absolute atomic E-state index is 0.438. The lowest BCUT2D eigenvalue weighted by molar-refractivity contribution is -0.139. The maximum Gasteiger partial charge on any atom is 0.320 e. The average molecular weight is 309 g/mol. The van der Waals surface area contributed by atoms with E-state index in [0.717, 1.165) is 18.4 Å². The first-order valence-corrected chi connectivity index (χ1v) is 7.58. The highest BCUT2D eigenvalue weighted by atomic mass is 16.6. The number of benzene rings is 1. The zero-order chi connectivity index (χ0) is 15.9. The number of carboxylic acid groups (broad SMARTS) is 1. The summed E-state index contributed by atoms with van der Waals surface area (Å²) in [5, 5.41) is 12.3. The minimum Gasteiger partial charge on any atom is -0.493 e. The van der Waals surface area contributed by atoms with Gasteiger partial charge >= 0.3 is 5.97 Å². The topological polar surface area (TPSA) is 77.0 Å². The molecule has 6 heteroatoms. The zero-order valence-electron chi connectivity index (χ0n) is 13.1. The average Bonchev–Trinajstić information content (AvgIpc) is 2.53. The molecule has 122 valence electrons. The molecule has 1 aliphatic rings. The molecule has 6 nitrogen and oxygen atoms in total. The highest BCUT2D eigenvalue weighted by molar-refractivity contribution is 5.73. The summed E-state index contributed by atoms with van der Waals surface area (Å²) in [6, 6.07) is 3.17. The Morgan fingerprint density at radius 3 is 2.86 bits per heavy atom. The summed E-state index contributed by atoms with van der Waals surface area (Å²) in [5.41, 5.74) is 0.906. The number of carboxylic acids is 1. The van der Waals surface area contributed by atoms with Gasteiger partial charge in [0.2, 0.25) is 5.75 Å². The third-order valence-electron chi connectivity index (χ3n) is 3.58. The van der Waals surface area contributed by atoms with Gasteiger partial charge in [-0.2, -0.15) is 0 Å². The normalized spacial score (nSPS) is 14.5. The molecular formula is C16H23NO5. The Hall–Kier alpha value is -1.95. The Kier molecular flexibility index (Phi) is 5.89. The maximum absolute atomic E-state index is 11.3. The van der Waals surface area contributed by atoms with E-state index in [4.69, 9.17) is 14.2 Å². The second-order valence-corrected chi connectivity index (χ2v) is 5.24. The number of hydrogen-bond donors (Lipinski definition) is 2. The fourth-order valence-electron chi connectivity index (χ4n) is 2.39. The molecule has 0 radical (unpaired) electrons. The van der Waals surface area contributed by atoms with Crippen LogP contribution in [0.4, 0.5) is 0 Å². The van der Waals surface area contributed by atoms with Gasteiger partial charge in [0, 0.05) is 6.54 Å².